The van der Waals surface area contributed by atoms with E-state index >= 15 is 0 Å². The molecule has 1 atom stereocenters. The first-order valence-corrected chi connectivity index (χ1v) is 5.43. The summed E-state index contributed by atoms with van der Waals surface area (Å²) in [6.07, 6.45) is 2.97. The fraction of sp³-hybridized carbons (Fsp3) is 0.308. The topological polar surface area (TPSA) is 38.3 Å². The molecule has 84 valence electrons. The first-order valence-electron chi connectivity index (χ1n) is 5.43. The highest BCUT2D eigenvalue weighted by Crippen LogP contribution is 2.06. The molecule has 1 aromatic carbocycles. The van der Waals surface area contributed by atoms with Crippen LogP contribution in [0, 0.1) is 5.92 Å². The van der Waals surface area contributed by atoms with Crippen molar-refractivity contribution in [1.29, 1.82) is 0 Å². The van der Waals surface area contributed by atoms with Crippen LogP contribution in [0.4, 0.5) is 0 Å². The van der Waals surface area contributed by atoms with Gasteiger partial charge in [-0.3, -0.25) is 4.79 Å². The third-order valence-corrected chi connectivity index (χ3v) is 2.59. The molecule has 0 bridgehead atoms. The molecule has 1 aliphatic heterocycles. The summed E-state index contributed by atoms with van der Waals surface area (Å²) in [5.41, 5.74) is 1.22. The summed E-state index contributed by atoms with van der Waals surface area (Å²) in [6, 6.07) is 10.1. The number of hydrogen-bond acceptors (Lipinski definition) is 3. The number of nitrogens with one attached hydrogen (secondary N) is 1. The van der Waals surface area contributed by atoms with Crippen LogP contribution in [0.2, 0.25) is 0 Å². The van der Waals surface area contributed by atoms with E-state index < -0.39 is 0 Å². The van der Waals surface area contributed by atoms with Crippen LogP contribution in [0.25, 0.3) is 0 Å². The summed E-state index contributed by atoms with van der Waals surface area (Å²) in [6.45, 7) is 1.93. The standard InChI is InChI=1S/C13H15NO2/c15-13-6-7-16-10-12(13)9-14-8-11-4-2-1-3-5-11/h1-7,12,14H,8-10H2. The van der Waals surface area contributed by atoms with E-state index in [9.17, 15) is 4.79 Å². The quantitative estimate of drug-likeness (QED) is 0.830. The molecule has 0 fully saturated rings. The summed E-state index contributed by atoms with van der Waals surface area (Å²) in [5, 5.41) is 3.27. The second kappa shape index (κ2) is 5.47. The Kier molecular flexibility index (Phi) is 3.72. The van der Waals surface area contributed by atoms with Crippen LogP contribution in [0.1, 0.15) is 5.56 Å². The van der Waals surface area contributed by atoms with E-state index in [0.29, 0.717) is 13.2 Å². The van der Waals surface area contributed by atoms with Gasteiger partial charge in [-0.1, -0.05) is 30.3 Å². The average Bonchev–Trinajstić information content (AvgIpc) is 2.33. The van der Waals surface area contributed by atoms with Crippen molar-refractivity contribution in [3.05, 3.63) is 48.2 Å². The van der Waals surface area contributed by atoms with E-state index in [1.165, 1.54) is 17.9 Å². The van der Waals surface area contributed by atoms with Crippen LogP contribution >= 0.6 is 0 Å². The highest BCUT2D eigenvalue weighted by Gasteiger charge is 2.18. The molecule has 0 saturated heterocycles. The minimum atomic E-state index is -0.0475. The van der Waals surface area contributed by atoms with Gasteiger partial charge in [0.15, 0.2) is 5.78 Å². The van der Waals surface area contributed by atoms with Crippen LogP contribution in [-0.2, 0) is 16.1 Å². The molecule has 0 saturated carbocycles. The summed E-state index contributed by atoms with van der Waals surface area (Å²) >= 11 is 0. The van der Waals surface area contributed by atoms with Crippen molar-refractivity contribution in [1.82, 2.24) is 5.32 Å². The van der Waals surface area contributed by atoms with E-state index in [4.69, 9.17) is 4.74 Å². The smallest absolute Gasteiger partial charge is 0.166 e. The molecule has 0 aliphatic carbocycles. The van der Waals surface area contributed by atoms with Gasteiger partial charge in [-0.25, -0.2) is 0 Å². The Morgan fingerprint density at radius 2 is 2.12 bits per heavy atom. The lowest BCUT2D eigenvalue weighted by Gasteiger charge is -2.17. The minimum Gasteiger partial charge on any atom is -0.500 e. The Bertz CT molecular complexity index is 373. The lowest BCUT2D eigenvalue weighted by molar-refractivity contribution is -0.120. The number of allylic oxidation sites excluding steroid dienone is 1. The van der Waals surface area contributed by atoms with Crippen molar-refractivity contribution in [2.45, 2.75) is 6.54 Å². The van der Waals surface area contributed by atoms with Gasteiger partial charge in [-0.2, -0.15) is 0 Å². The Balaban J connectivity index is 1.76. The third kappa shape index (κ3) is 2.94. The van der Waals surface area contributed by atoms with Gasteiger partial charge in [0.2, 0.25) is 0 Å². The molecule has 1 aliphatic rings. The van der Waals surface area contributed by atoms with Gasteiger partial charge in [-0.05, 0) is 5.56 Å². The van der Waals surface area contributed by atoms with Gasteiger partial charge < -0.3 is 10.1 Å². The molecular formula is C13H15NO2. The van der Waals surface area contributed by atoms with Gasteiger partial charge in [0, 0.05) is 19.2 Å². The maximum absolute atomic E-state index is 11.4. The minimum absolute atomic E-state index is 0.0475. The van der Waals surface area contributed by atoms with Crippen molar-refractivity contribution in [2.75, 3.05) is 13.2 Å². The summed E-state index contributed by atoms with van der Waals surface area (Å²) in [4.78, 5) is 11.4. The predicted molar refractivity (Wildman–Crippen MR) is 61.7 cm³/mol. The van der Waals surface area contributed by atoms with Gasteiger partial charge in [0.1, 0.15) is 0 Å². The van der Waals surface area contributed by atoms with Crippen LogP contribution < -0.4 is 5.32 Å². The molecule has 0 radical (unpaired) electrons. The van der Waals surface area contributed by atoms with Crippen molar-refractivity contribution in [3.63, 3.8) is 0 Å². The van der Waals surface area contributed by atoms with Crippen LogP contribution in [0.15, 0.2) is 42.7 Å². The highest BCUT2D eigenvalue weighted by atomic mass is 16.5. The number of benzene rings is 1. The largest absolute Gasteiger partial charge is 0.500 e. The number of ether oxygens (including phenoxy) is 1. The normalized spacial score (nSPS) is 19.5. The molecule has 0 spiro atoms. The SMILES string of the molecule is O=C1C=COCC1CNCc1ccccc1. The van der Waals surface area contributed by atoms with E-state index in [-0.39, 0.29) is 11.7 Å². The Hall–Kier alpha value is -1.61. The second-order valence-electron chi connectivity index (χ2n) is 3.85. The Morgan fingerprint density at radius 1 is 1.31 bits per heavy atom. The number of rotatable bonds is 4. The number of hydrogen-bond donors (Lipinski definition) is 1. The van der Waals surface area contributed by atoms with Crippen molar-refractivity contribution >= 4 is 5.78 Å². The van der Waals surface area contributed by atoms with Gasteiger partial charge in [-0.15, -0.1) is 0 Å². The summed E-state index contributed by atoms with van der Waals surface area (Å²) in [5.74, 6) is 0.0977. The maximum atomic E-state index is 11.4. The Morgan fingerprint density at radius 3 is 2.88 bits per heavy atom. The molecule has 16 heavy (non-hydrogen) atoms. The zero-order chi connectivity index (χ0) is 11.2. The molecule has 3 nitrogen and oxygen atoms in total. The van der Waals surface area contributed by atoms with Gasteiger partial charge >= 0.3 is 0 Å². The first-order chi connectivity index (χ1) is 7.86. The predicted octanol–water partition coefficient (Wildman–Crippen LogP) is 1.51. The second-order valence-corrected chi connectivity index (χ2v) is 3.85. The molecule has 1 aromatic rings. The highest BCUT2D eigenvalue weighted by molar-refractivity contribution is 5.92. The molecule has 2 rings (SSSR count). The first kappa shape index (κ1) is 10.9. The van der Waals surface area contributed by atoms with E-state index in [1.54, 1.807) is 0 Å². The zero-order valence-corrected chi connectivity index (χ0v) is 9.06. The molecule has 0 amide bonds. The molecule has 1 heterocycles. The zero-order valence-electron chi connectivity index (χ0n) is 9.06. The van der Waals surface area contributed by atoms with Gasteiger partial charge in [0.25, 0.3) is 0 Å². The van der Waals surface area contributed by atoms with Crippen LogP contribution in [0.5, 0.6) is 0 Å². The number of carbonyl (C=O) groups excluding carboxylic acids is 1. The van der Waals surface area contributed by atoms with Crippen molar-refractivity contribution in [2.24, 2.45) is 5.92 Å². The lowest BCUT2D eigenvalue weighted by Crippen LogP contribution is -2.32. The third-order valence-electron chi connectivity index (χ3n) is 2.59. The Labute approximate surface area is 95.1 Å². The average molecular weight is 217 g/mol. The van der Waals surface area contributed by atoms with E-state index in [2.05, 4.69) is 17.4 Å². The number of carbonyl (C=O) groups is 1. The summed E-state index contributed by atoms with van der Waals surface area (Å²) < 4.78 is 5.11. The molecule has 1 unspecified atom stereocenters. The molecule has 1 N–H and O–H groups in total. The fourth-order valence-electron chi connectivity index (χ4n) is 1.65. The van der Waals surface area contributed by atoms with Gasteiger partial charge in [0.05, 0.1) is 18.8 Å². The lowest BCUT2D eigenvalue weighted by atomic mass is 10.0. The van der Waals surface area contributed by atoms with Crippen molar-refractivity contribution in [3.8, 4) is 0 Å². The van der Waals surface area contributed by atoms with Crippen LogP contribution in [-0.4, -0.2) is 18.9 Å². The fourth-order valence-corrected chi connectivity index (χ4v) is 1.65. The molecular weight excluding hydrogens is 202 g/mol. The monoisotopic (exact) mass is 217 g/mol. The molecule has 3 heteroatoms. The maximum Gasteiger partial charge on any atom is 0.166 e. The van der Waals surface area contributed by atoms with Crippen molar-refractivity contribution < 1.29 is 9.53 Å². The summed E-state index contributed by atoms with van der Waals surface area (Å²) in [7, 11) is 0. The number of ketones is 1. The van der Waals surface area contributed by atoms with E-state index in [0.717, 1.165) is 6.54 Å². The van der Waals surface area contributed by atoms with Crippen LogP contribution in [0.3, 0.4) is 0 Å². The van der Waals surface area contributed by atoms with E-state index in [1.807, 2.05) is 18.2 Å². The molecule has 0 aromatic heterocycles.